The van der Waals surface area contributed by atoms with E-state index in [-0.39, 0.29) is 17.7 Å². The fraction of sp³-hybridized carbons (Fsp3) is 0.444. The average Bonchev–Trinajstić information content (AvgIpc) is 3.09. The van der Waals surface area contributed by atoms with Crippen LogP contribution in [0.4, 0.5) is 0 Å². The van der Waals surface area contributed by atoms with Gasteiger partial charge in [0, 0.05) is 41.9 Å². The van der Waals surface area contributed by atoms with Crippen molar-refractivity contribution >= 4 is 27.7 Å². The highest BCUT2D eigenvalue weighted by Crippen LogP contribution is 2.11. The molecule has 0 saturated heterocycles. The highest BCUT2D eigenvalue weighted by atomic mass is 79.9. The smallest absolute Gasteiger partial charge is 0.251 e. The van der Waals surface area contributed by atoms with Crippen LogP contribution in [0.1, 0.15) is 54.7 Å². The van der Waals surface area contributed by atoms with E-state index in [0.717, 1.165) is 4.47 Å². The van der Waals surface area contributed by atoms with Crippen molar-refractivity contribution < 1.29 is 14.1 Å². The number of nitrogens with zero attached hydrogens (tertiary/aromatic N) is 2. The Hall–Kier alpha value is -2.22. The van der Waals surface area contributed by atoms with Gasteiger partial charge in [-0.1, -0.05) is 34.9 Å². The van der Waals surface area contributed by atoms with E-state index >= 15 is 0 Å². The Balaban J connectivity index is 1.58. The summed E-state index contributed by atoms with van der Waals surface area (Å²) in [6.45, 7) is 4.96. The van der Waals surface area contributed by atoms with Gasteiger partial charge >= 0.3 is 0 Å². The van der Waals surface area contributed by atoms with Crippen LogP contribution < -0.4 is 10.6 Å². The molecule has 2 amide bonds. The first-order valence-corrected chi connectivity index (χ1v) is 9.38. The maximum atomic E-state index is 11.9. The molecule has 0 spiro atoms. The summed E-state index contributed by atoms with van der Waals surface area (Å²) in [5.74, 6) is 1.14. The van der Waals surface area contributed by atoms with Gasteiger partial charge in [0.1, 0.15) is 0 Å². The van der Waals surface area contributed by atoms with Gasteiger partial charge in [-0.3, -0.25) is 9.59 Å². The first-order valence-electron chi connectivity index (χ1n) is 8.58. The average molecular weight is 423 g/mol. The van der Waals surface area contributed by atoms with Gasteiger partial charge in [-0.15, -0.1) is 0 Å². The Kier molecular flexibility index (Phi) is 7.77. The van der Waals surface area contributed by atoms with Gasteiger partial charge in [0.2, 0.25) is 11.8 Å². The number of carbonyl (C=O) groups is 2. The van der Waals surface area contributed by atoms with Gasteiger partial charge < -0.3 is 15.2 Å². The lowest BCUT2D eigenvalue weighted by atomic mass is 10.2. The lowest BCUT2D eigenvalue weighted by Gasteiger charge is -2.06. The minimum Gasteiger partial charge on any atom is -0.356 e. The van der Waals surface area contributed by atoms with Crippen LogP contribution in [0.3, 0.4) is 0 Å². The summed E-state index contributed by atoms with van der Waals surface area (Å²) in [4.78, 5) is 28.0. The topological polar surface area (TPSA) is 97.1 Å². The fourth-order valence-electron chi connectivity index (χ4n) is 2.13. The number of halogens is 1. The largest absolute Gasteiger partial charge is 0.356 e. The fourth-order valence-corrected chi connectivity index (χ4v) is 2.40. The highest BCUT2D eigenvalue weighted by Gasteiger charge is 2.11. The summed E-state index contributed by atoms with van der Waals surface area (Å²) in [5, 5.41) is 9.51. The molecule has 1 aromatic carbocycles. The van der Waals surface area contributed by atoms with Crippen molar-refractivity contribution in [2.24, 2.45) is 0 Å². The molecule has 2 rings (SSSR count). The van der Waals surface area contributed by atoms with Crippen LogP contribution in [-0.4, -0.2) is 35.0 Å². The standard InChI is InChI=1S/C18H23BrN4O3/c1-12(2)17-22-16(26-23-17)9-8-15(24)20-10-3-11-21-18(25)13-4-6-14(19)7-5-13/h4-7,12H,3,8-11H2,1-2H3,(H,20,24)(H,21,25). The van der Waals surface area contributed by atoms with Crippen molar-refractivity contribution in [2.45, 2.75) is 39.0 Å². The Morgan fingerprint density at radius 2 is 1.85 bits per heavy atom. The SMILES string of the molecule is CC(C)c1noc(CCC(=O)NCCCNC(=O)c2ccc(Br)cc2)n1. The first kappa shape index (κ1) is 20.1. The van der Waals surface area contributed by atoms with E-state index in [4.69, 9.17) is 4.52 Å². The van der Waals surface area contributed by atoms with Crippen molar-refractivity contribution in [1.82, 2.24) is 20.8 Å². The minimum absolute atomic E-state index is 0.0754. The predicted octanol–water partition coefficient (Wildman–Crippen LogP) is 2.82. The molecule has 140 valence electrons. The Morgan fingerprint density at radius 3 is 2.50 bits per heavy atom. The second-order valence-corrected chi connectivity index (χ2v) is 7.08. The molecule has 0 aliphatic rings. The molecule has 1 heterocycles. The summed E-state index contributed by atoms with van der Waals surface area (Å²) in [6.07, 6.45) is 1.38. The van der Waals surface area contributed by atoms with Crippen molar-refractivity contribution in [3.8, 4) is 0 Å². The van der Waals surface area contributed by atoms with Crippen LogP contribution >= 0.6 is 15.9 Å². The Bertz CT molecular complexity index is 728. The third kappa shape index (κ3) is 6.59. The zero-order valence-corrected chi connectivity index (χ0v) is 16.5. The molecular weight excluding hydrogens is 400 g/mol. The summed E-state index contributed by atoms with van der Waals surface area (Å²) >= 11 is 3.33. The van der Waals surface area contributed by atoms with Gasteiger partial charge in [0.05, 0.1) is 0 Å². The van der Waals surface area contributed by atoms with Gasteiger partial charge in [-0.05, 0) is 30.7 Å². The quantitative estimate of drug-likeness (QED) is 0.605. The van der Waals surface area contributed by atoms with Crippen LogP contribution in [0.15, 0.2) is 33.3 Å². The van der Waals surface area contributed by atoms with Crippen molar-refractivity contribution in [3.05, 3.63) is 46.0 Å². The second-order valence-electron chi connectivity index (χ2n) is 6.17. The number of amides is 2. The summed E-state index contributed by atoms with van der Waals surface area (Å²) in [5.41, 5.74) is 0.609. The second kappa shape index (κ2) is 10.1. The number of carbonyl (C=O) groups excluding carboxylic acids is 2. The molecule has 0 saturated carbocycles. The van der Waals surface area contributed by atoms with Gasteiger partial charge in [-0.25, -0.2) is 0 Å². The van der Waals surface area contributed by atoms with Crippen LogP contribution in [0, 0.1) is 0 Å². The van der Waals surface area contributed by atoms with Gasteiger partial charge in [0.25, 0.3) is 5.91 Å². The third-order valence-electron chi connectivity index (χ3n) is 3.63. The number of nitrogens with one attached hydrogen (secondary N) is 2. The van der Waals surface area contributed by atoms with E-state index in [1.54, 1.807) is 12.1 Å². The van der Waals surface area contributed by atoms with Crippen molar-refractivity contribution in [2.75, 3.05) is 13.1 Å². The van der Waals surface area contributed by atoms with E-state index in [9.17, 15) is 9.59 Å². The molecule has 0 bridgehead atoms. The lowest BCUT2D eigenvalue weighted by molar-refractivity contribution is -0.121. The van der Waals surface area contributed by atoms with Crippen LogP contribution in [0.2, 0.25) is 0 Å². The maximum Gasteiger partial charge on any atom is 0.251 e. The molecule has 1 aromatic heterocycles. The number of aryl methyl sites for hydroxylation is 1. The third-order valence-corrected chi connectivity index (χ3v) is 4.16. The summed E-state index contributed by atoms with van der Waals surface area (Å²) in [6, 6.07) is 7.15. The van der Waals surface area contributed by atoms with Gasteiger partial charge in [0.15, 0.2) is 5.82 Å². The molecule has 0 aliphatic heterocycles. The molecule has 8 heteroatoms. The number of benzene rings is 1. The molecule has 0 fully saturated rings. The van der Waals surface area contributed by atoms with E-state index in [1.165, 1.54) is 0 Å². The maximum absolute atomic E-state index is 11.9. The van der Waals surface area contributed by atoms with Crippen molar-refractivity contribution in [3.63, 3.8) is 0 Å². The van der Waals surface area contributed by atoms with E-state index in [2.05, 4.69) is 36.7 Å². The zero-order chi connectivity index (χ0) is 18.9. The summed E-state index contributed by atoms with van der Waals surface area (Å²) in [7, 11) is 0. The number of hydrogen-bond acceptors (Lipinski definition) is 5. The molecule has 0 atom stereocenters. The molecule has 0 radical (unpaired) electrons. The molecule has 0 aliphatic carbocycles. The Labute approximate surface area is 161 Å². The first-order chi connectivity index (χ1) is 12.5. The molecular formula is C18H23BrN4O3. The van der Waals surface area contributed by atoms with Crippen LogP contribution in [-0.2, 0) is 11.2 Å². The van der Waals surface area contributed by atoms with Crippen molar-refractivity contribution in [1.29, 1.82) is 0 Å². The Morgan fingerprint density at radius 1 is 1.15 bits per heavy atom. The molecule has 2 N–H and O–H groups in total. The van der Waals surface area contributed by atoms with Crippen LogP contribution in [0.25, 0.3) is 0 Å². The van der Waals surface area contributed by atoms with Crippen LogP contribution in [0.5, 0.6) is 0 Å². The number of hydrogen-bond donors (Lipinski definition) is 2. The molecule has 26 heavy (non-hydrogen) atoms. The molecule has 0 unspecified atom stereocenters. The molecule has 7 nitrogen and oxygen atoms in total. The summed E-state index contributed by atoms with van der Waals surface area (Å²) < 4.78 is 6.03. The molecule has 2 aromatic rings. The normalized spacial score (nSPS) is 10.8. The zero-order valence-electron chi connectivity index (χ0n) is 14.9. The highest BCUT2D eigenvalue weighted by molar-refractivity contribution is 9.10. The van der Waals surface area contributed by atoms with E-state index in [0.29, 0.717) is 49.6 Å². The van der Waals surface area contributed by atoms with E-state index < -0.39 is 0 Å². The minimum atomic E-state index is -0.124. The number of aromatic nitrogens is 2. The predicted molar refractivity (Wildman–Crippen MR) is 101 cm³/mol. The van der Waals surface area contributed by atoms with Gasteiger partial charge in [-0.2, -0.15) is 4.98 Å². The monoisotopic (exact) mass is 422 g/mol. The lowest BCUT2D eigenvalue weighted by Crippen LogP contribution is -2.30. The van der Waals surface area contributed by atoms with E-state index in [1.807, 2.05) is 26.0 Å². The number of rotatable bonds is 9.